The van der Waals surface area contributed by atoms with Crippen LogP contribution in [0.2, 0.25) is 0 Å². The normalized spacial score (nSPS) is 10.8. The molecule has 1 amide bonds. The predicted octanol–water partition coefficient (Wildman–Crippen LogP) is 3.42. The number of nitro groups is 1. The number of hydrogen-bond donors (Lipinski definition) is 0. The second-order valence-corrected chi connectivity index (χ2v) is 5.53. The van der Waals surface area contributed by atoms with Gasteiger partial charge in [0.25, 0.3) is 5.69 Å². The molecule has 0 aromatic heterocycles. The summed E-state index contributed by atoms with van der Waals surface area (Å²) in [7, 11) is 1.54. The molecule has 0 N–H and O–H groups in total. The number of benzene rings is 2. The molecule has 0 aliphatic carbocycles. The van der Waals surface area contributed by atoms with Crippen LogP contribution in [0.15, 0.2) is 54.6 Å². The Labute approximate surface area is 150 Å². The molecular weight excluding hydrogens is 339 g/mol. The van der Waals surface area contributed by atoms with Gasteiger partial charge in [-0.15, -0.1) is 0 Å². The number of rotatable bonds is 8. The molecule has 0 radical (unpaired) electrons. The first-order chi connectivity index (χ1) is 12.5. The lowest BCUT2D eigenvalue weighted by atomic mass is 10.1. The van der Waals surface area contributed by atoms with Gasteiger partial charge in [0.15, 0.2) is 0 Å². The van der Waals surface area contributed by atoms with Gasteiger partial charge in [0.05, 0.1) is 23.2 Å². The summed E-state index contributed by atoms with van der Waals surface area (Å²) in [5.41, 5.74) is 0.731. The van der Waals surface area contributed by atoms with E-state index in [1.54, 1.807) is 12.0 Å². The number of carbonyl (C=O) groups is 1. The summed E-state index contributed by atoms with van der Waals surface area (Å²) < 4.78 is 18.2. The van der Waals surface area contributed by atoms with E-state index in [2.05, 4.69) is 0 Å². The molecule has 7 heteroatoms. The number of hydrogen-bond acceptors (Lipinski definition) is 4. The summed E-state index contributed by atoms with van der Waals surface area (Å²) in [4.78, 5) is 24.4. The molecule has 0 aliphatic heterocycles. The minimum atomic E-state index is -0.703. The van der Waals surface area contributed by atoms with Crippen LogP contribution in [0.4, 0.5) is 10.1 Å². The molecule has 2 aromatic rings. The molecule has 26 heavy (non-hydrogen) atoms. The molecule has 0 atom stereocenters. The molecule has 136 valence electrons. The summed E-state index contributed by atoms with van der Waals surface area (Å²) in [6, 6.07) is 12.7. The fourth-order valence-electron chi connectivity index (χ4n) is 2.35. The third kappa shape index (κ3) is 5.49. The molecule has 6 nitrogen and oxygen atoms in total. The highest BCUT2D eigenvalue weighted by atomic mass is 19.1. The van der Waals surface area contributed by atoms with Crippen molar-refractivity contribution in [1.29, 1.82) is 0 Å². The van der Waals surface area contributed by atoms with Crippen molar-refractivity contribution in [1.82, 2.24) is 4.90 Å². The van der Waals surface area contributed by atoms with Crippen molar-refractivity contribution >= 4 is 17.7 Å². The minimum absolute atomic E-state index is 0.163. The number of halogens is 1. The largest absolute Gasteiger partial charge is 0.383 e. The molecule has 0 saturated heterocycles. The van der Waals surface area contributed by atoms with Gasteiger partial charge in [0, 0.05) is 26.3 Å². The van der Waals surface area contributed by atoms with Crippen LogP contribution < -0.4 is 0 Å². The number of nitrogens with zero attached hydrogens (tertiary/aromatic N) is 2. The molecule has 0 fully saturated rings. The van der Waals surface area contributed by atoms with Crippen molar-refractivity contribution in [3.8, 4) is 0 Å². The van der Waals surface area contributed by atoms with Crippen LogP contribution in [0.3, 0.4) is 0 Å². The maximum atomic E-state index is 13.2. The van der Waals surface area contributed by atoms with E-state index in [0.29, 0.717) is 19.7 Å². The van der Waals surface area contributed by atoms with Crippen LogP contribution in [0.25, 0.3) is 6.08 Å². The zero-order valence-corrected chi connectivity index (χ0v) is 14.3. The van der Waals surface area contributed by atoms with E-state index >= 15 is 0 Å². The van der Waals surface area contributed by atoms with Crippen molar-refractivity contribution in [3.05, 3.63) is 81.7 Å². The van der Waals surface area contributed by atoms with Crippen molar-refractivity contribution in [3.63, 3.8) is 0 Å². The van der Waals surface area contributed by atoms with Gasteiger partial charge < -0.3 is 9.64 Å². The molecule has 0 aliphatic rings. The minimum Gasteiger partial charge on any atom is -0.383 e. The molecule has 0 saturated carbocycles. The van der Waals surface area contributed by atoms with E-state index in [0.717, 1.165) is 17.7 Å². The van der Waals surface area contributed by atoms with E-state index in [4.69, 9.17) is 4.74 Å². The zero-order valence-electron chi connectivity index (χ0n) is 14.3. The fourth-order valence-corrected chi connectivity index (χ4v) is 2.35. The first kappa shape index (κ1) is 19.3. The van der Waals surface area contributed by atoms with Gasteiger partial charge in [0.1, 0.15) is 5.82 Å². The Hall–Kier alpha value is -3.06. The Kier molecular flexibility index (Phi) is 6.99. The number of carbonyl (C=O) groups excluding carboxylic acids is 1. The van der Waals surface area contributed by atoms with Gasteiger partial charge in [-0.3, -0.25) is 14.9 Å². The van der Waals surface area contributed by atoms with Gasteiger partial charge in [-0.1, -0.05) is 30.3 Å². The average Bonchev–Trinajstić information content (AvgIpc) is 2.64. The summed E-state index contributed by atoms with van der Waals surface area (Å²) in [6.07, 6.45) is 2.57. The van der Waals surface area contributed by atoms with Crippen LogP contribution in [0.1, 0.15) is 11.1 Å². The Bertz CT molecular complexity index is 793. The summed E-state index contributed by atoms with van der Waals surface area (Å²) in [5.74, 6) is -1.02. The van der Waals surface area contributed by atoms with Crippen LogP contribution >= 0.6 is 0 Å². The SMILES string of the molecule is COCCN(Cc1ccccc1)C(=O)C=Cc1ccc(F)cc1[N+](=O)[O-]. The maximum absolute atomic E-state index is 13.2. The zero-order chi connectivity index (χ0) is 18.9. The standard InChI is InChI=1S/C19H19FN2O4/c1-26-12-11-21(14-15-5-3-2-4-6-15)19(23)10-8-16-7-9-17(20)13-18(16)22(24)25/h2-10,13H,11-12,14H2,1H3. The smallest absolute Gasteiger partial charge is 0.279 e. The monoisotopic (exact) mass is 358 g/mol. The second-order valence-electron chi connectivity index (χ2n) is 5.53. The highest BCUT2D eigenvalue weighted by Gasteiger charge is 2.15. The molecule has 2 rings (SSSR count). The summed E-state index contributed by atoms with van der Waals surface area (Å²) >= 11 is 0. The van der Waals surface area contributed by atoms with Crippen LogP contribution in [0, 0.1) is 15.9 Å². The van der Waals surface area contributed by atoms with Crippen LogP contribution in [-0.2, 0) is 16.1 Å². The lowest BCUT2D eigenvalue weighted by molar-refractivity contribution is -0.385. The van der Waals surface area contributed by atoms with Crippen LogP contribution in [0.5, 0.6) is 0 Å². The first-order valence-electron chi connectivity index (χ1n) is 7.95. The number of methoxy groups -OCH3 is 1. The Balaban J connectivity index is 2.18. The molecule has 0 bridgehead atoms. The van der Waals surface area contributed by atoms with Gasteiger partial charge in [-0.25, -0.2) is 4.39 Å². The summed E-state index contributed by atoms with van der Waals surface area (Å²) in [5, 5.41) is 11.0. The number of ether oxygens (including phenoxy) is 1. The number of nitro benzene ring substituents is 1. The Morgan fingerprint density at radius 1 is 1.27 bits per heavy atom. The second kappa shape index (κ2) is 9.43. The molecule has 0 spiro atoms. The van der Waals surface area contributed by atoms with Gasteiger partial charge in [0.2, 0.25) is 5.91 Å². The average molecular weight is 358 g/mol. The fraction of sp³-hybridized carbons (Fsp3) is 0.211. The van der Waals surface area contributed by atoms with Gasteiger partial charge in [-0.05, 0) is 23.8 Å². The lowest BCUT2D eigenvalue weighted by Gasteiger charge is -2.21. The third-order valence-corrected chi connectivity index (χ3v) is 3.69. The van der Waals surface area contributed by atoms with E-state index in [1.807, 2.05) is 30.3 Å². The van der Waals surface area contributed by atoms with Crippen molar-refractivity contribution in [2.45, 2.75) is 6.54 Å². The van der Waals surface area contributed by atoms with Crippen molar-refractivity contribution in [2.24, 2.45) is 0 Å². The first-order valence-corrected chi connectivity index (χ1v) is 7.95. The summed E-state index contributed by atoms with van der Waals surface area (Å²) in [6.45, 7) is 1.13. The Morgan fingerprint density at radius 3 is 2.65 bits per heavy atom. The van der Waals surface area contributed by atoms with Gasteiger partial charge in [-0.2, -0.15) is 0 Å². The van der Waals surface area contributed by atoms with E-state index < -0.39 is 10.7 Å². The molecular formula is C19H19FN2O4. The Morgan fingerprint density at radius 2 is 2.00 bits per heavy atom. The van der Waals surface area contributed by atoms with Gasteiger partial charge >= 0.3 is 0 Å². The van der Waals surface area contributed by atoms with Crippen LogP contribution in [-0.4, -0.2) is 36.0 Å². The molecule has 2 aromatic carbocycles. The maximum Gasteiger partial charge on any atom is 0.279 e. The lowest BCUT2D eigenvalue weighted by Crippen LogP contribution is -2.32. The highest BCUT2D eigenvalue weighted by molar-refractivity contribution is 5.92. The number of amides is 1. The molecule has 0 unspecified atom stereocenters. The highest BCUT2D eigenvalue weighted by Crippen LogP contribution is 2.21. The quantitative estimate of drug-likeness (QED) is 0.412. The van der Waals surface area contributed by atoms with Crippen molar-refractivity contribution < 1.29 is 18.8 Å². The van der Waals surface area contributed by atoms with Crippen molar-refractivity contribution in [2.75, 3.05) is 20.3 Å². The van der Waals surface area contributed by atoms with E-state index in [-0.39, 0.29) is 17.2 Å². The predicted molar refractivity (Wildman–Crippen MR) is 95.8 cm³/mol. The third-order valence-electron chi connectivity index (χ3n) is 3.69. The van der Waals surface area contributed by atoms with E-state index in [1.165, 1.54) is 18.2 Å². The topological polar surface area (TPSA) is 72.7 Å². The van der Waals surface area contributed by atoms with E-state index in [9.17, 15) is 19.3 Å². The molecule has 0 heterocycles.